The number of amides is 1. The lowest BCUT2D eigenvalue weighted by molar-refractivity contribution is 0.0995. The van der Waals surface area contributed by atoms with Crippen molar-refractivity contribution in [3.8, 4) is 5.69 Å². The largest absolute Gasteiger partial charge is 0.364 e. The number of primary amides is 1. The monoisotopic (exact) mass is 452 g/mol. The lowest BCUT2D eigenvalue weighted by atomic mass is 9.69. The summed E-state index contributed by atoms with van der Waals surface area (Å²) >= 11 is 0. The van der Waals surface area contributed by atoms with Crippen LogP contribution >= 0.6 is 0 Å². The Morgan fingerprint density at radius 1 is 1.15 bits per heavy atom. The number of allylic oxidation sites excluding steroid dienone is 3. The van der Waals surface area contributed by atoms with Gasteiger partial charge >= 0.3 is 0 Å². The molecule has 34 heavy (non-hydrogen) atoms. The van der Waals surface area contributed by atoms with Crippen molar-refractivity contribution in [2.45, 2.75) is 38.6 Å². The summed E-state index contributed by atoms with van der Waals surface area (Å²) in [7, 11) is 2.27. The molecule has 1 aromatic heterocycles. The molecule has 1 unspecified atom stereocenters. The Bertz CT molecular complexity index is 1240. The van der Waals surface area contributed by atoms with Crippen LogP contribution in [0.5, 0.6) is 0 Å². The van der Waals surface area contributed by atoms with Crippen LogP contribution in [0.2, 0.25) is 0 Å². The van der Waals surface area contributed by atoms with Gasteiger partial charge in [0.2, 0.25) is 0 Å². The fraction of sp³-hybridized carbons (Fsp3) is 0.310. The molecule has 0 saturated carbocycles. The Hall–Kier alpha value is -3.44. The van der Waals surface area contributed by atoms with Gasteiger partial charge in [-0.3, -0.25) is 4.79 Å². The number of carbonyl (C=O) groups is 1. The Labute approximate surface area is 201 Å². The smallest absolute Gasteiger partial charge is 0.269 e. The van der Waals surface area contributed by atoms with Crippen LogP contribution in [0.15, 0.2) is 78.9 Å². The number of nitrogens with two attached hydrogens (primary N) is 1. The first kappa shape index (κ1) is 22.4. The molecule has 5 nitrogen and oxygen atoms in total. The van der Waals surface area contributed by atoms with Crippen LogP contribution in [0.25, 0.3) is 11.3 Å². The summed E-state index contributed by atoms with van der Waals surface area (Å²) in [4.78, 5) is 14.0. The molecule has 3 aromatic rings. The Kier molecular flexibility index (Phi) is 5.96. The summed E-state index contributed by atoms with van der Waals surface area (Å²) in [6.45, 7) is 3.09. The van der Waals surface area contributed by atoms with Crippen LogP contribution in [-0.2, 0) is 6.42 Å². The summed E-state index contributed by atoms with van der Waals surface area (Å²) in [5, 5.41) is 4.37. The molecule has 0 bridgehead atoms. The first-order valence-electron chi connectivity index (χ1n) is 12.1. The highest BCUT2D eigenvalue weighted by Gasteiger charge is 2.41. The molecule has 174 valence electrons. The highest BCUT2D eigenvalue weighted by molar-refractivity contribution is 5.90. The zero-order chi connectivity index (χ0) is 23.7. The zero-order valence-corrected chi connectivity index (χ0v) is 19.9. The van der Waals surface area contributed by atoms with E-state index in [9.17, 15) is 4.79 Å². The van der Waals surface area contributed by atoms with Crippen molar-refractivity contribution in [2.75, 3.05) is 13.6 Å². The molecular weight excluding hydrogens is 420 g/mol. The van der Waals surface area contributed by atoms with Crippen LogP contribution in [0.4, 0.5) is 0 Å². The SMILES string of the molecule is Cc1cc(C(N)=O)nn1-c1ccc(C[C@]2(C3CCCN3C)C=CC(c3ccccc3)=CC2)cc1. The number of likely N-dealkylation sites (tertiary alicyclic amines) is 1. The van der Waals surface area contributed by atoms with Gasteiger partial charge < -0.3 is 10.6 Å². The van der Waals surface area contributed by atoms with Crippen LogP contribution < -0.4 is 5.73 Å². The van der Waals surface area contributed by atoms with E-state index in [0.29, 0.717) is 6.04 Å². The minimum absolute atomic E-state index is 0.0752. The van der Waals surface area contributed by atoms with E-state index in [1.165, 1.54) is 29.5 Å². The second kappa shape index (κ2) is 9.07. The molecule has 0 radical (unpaired) electrons. The van der Waals surface area contributed by atoms with Gasteiger partial charge in [-0.15, -0.1) is 0 Å². The fourth-order valence-corrected chi connectivity index (χ4v) is 5.66. The predicted molar refractivity (Wildman–Crippen MR) is 137 cm³/mol. The second-order valence-corrected chi connectivity index (χ2v) is 9.72. The highest BCUT2D eigenvalue weighted by Crippen LogP contribution is 2.44. The molecule has 2 aliphatic rings. The van der Waals surface area contributed by atoms with Crippen LogP contribution in [0.1, 0.15) is 46.6 Å². The van der Waals surface area contributed by atoms with E-state index in [2.05, 4.69) is 89.9 Å². The van der Waals surface area contributed by atoms with E-state index in [1.54, 1.807) is 10.7 Å². The van der Waals surface area contributed by atoms with Gasteiger partial charge in [-0.05, 0) is 81.1 Å². The lowest BCUT2D eigenvalue weighted by Gasteiger charge is -2.41. The third-order valence-corrected chi connectivity index (χ3v) is 7.44. The zero-order valence-electron chi connectivity index (χ0n) is 19.9. The molecule has 1 saturated heterocycles. The summed E-state index contributed by atoms with van der Waals surface area (Å²) in [6.07, 6.45) is 11.7. The minimum Gasteiger partial charge on any atom is -0.364 e. The average molecular weight is 453 g/mol. The maximum absolute atomic E-state index is 11.5. The van der Waals surface area contributed by atoms with Gasteiger partial charge in [0.05, 0.1) is 5.69 Å². The number of carbonyl (C=O) groups excluding carboxylic acids is 1. The Balaban J connectivity index is 1.41. The van der Waals surface area contributed by atoms with Gasteiger partial charge in [-0.1, -0.05) is 60.7 Å². The maximum atomic E-state index is 11.5. The van der Waals surface area contributed by atoms with Gasteiger partial charge in [-0.25, -0.2) is 4.68 Å². The fourth-order valence-electron chi connectivity index (χ4n) is 5.66. The minimum atomic E-state index is -0.506. The third kappa shape index (κ3) is 4.24. The van der Waals surface area contributed by atoms with Crippen LogP contribution in [0, 0.1) is 12.3 Å². The van der Waals surface area contributed by atoms with E-state index in [0.717, 1.165) is 30.8 Å². The molecule has 2 atom stereocenters. The highest BCUT2D eigenvalue weighted by atomic mass is 16.1. The predicted octanol–water partition coefficient (Wildman–Crippen LogP) is 4.95. The van der Waals surface area contributed by atoms with E-state index in [-0.39, 0.29) is 11.1 Å². The van der Waals surface area contributed by atoms with Crippen molar-refractivity contribution in [3.05, 3.63) is 101 Å². The molecule has 1 aliphatic heterocycles. The van der Waals surface area contributed by atoms with Gasteiger partial charge in [0.15, 0.2) is 5.69 Å². The average Bonchev–Trinajstić information content (AvgIpc) is 3.47. The Morgan fingerprint density at radius 3 is 2.50 bits per heavy atom. The van der Waals surface area contributed by atoms with Gasteiger partial charge in [0, 0.05) is 17.2 Å². The first-order chi connectivity index (χ1) is 16.4. The van der Waals surface area contributed by atoms with E-state index in [1.807, 2.05) is 6.92 Å². The number of benzene rings is 2. The van der Waals surface area contributed by atoms with Gasteiger partial charge in [0.1, 0.15) is 0 Å². The van der Waals surface area contributed by atoms with Crippen molar-refractivity contribution >= 4 is 11.5 Å². The summed E-state index contributed by atoms with van der Waals surface area (Å²) < 4.78 is 1.78. The third-order valence-electron chi connectivity index (χ3n) is 7.44. The normalized spacial score (nSPS) is 22.6. The molecule has 0 spiro atoms. The van der Waals surface area contributed by atoms with Crippen LogP contribution in [0.3, 0.4) is 0 Å². The topological polar surface area (TPSA) is 64.2 Å². The molecule has 2 N–H and O–H groups in total. The molecule has 5 heteroatoms. The van der Waals surface area contributed by atoms with Crippen molar-refractivity contribution < 1.29 is 4.79 Å². The van der Waals surface area contributed by atoms with E-state index < -0.39 is 5.91 Å². The number of rotatable bonds is 6. The second-order valence-electron chi connectivity index (χ2n) is 9.72. The number of aromatic nitrogens is 2. The van der Waals surface area contributed by atoms with E-state index in [4.69, 9.17) is 5.73 Å². The quantitative estimate of drug-likeness (QED) is 0.576. The maximum Gasteiger partial charge on any atom is 0.269 e. The summed E-state index contributed by atoms with van der Waals surface area (Å²) in [5.74, 6) is -0.506. The number of aryl methyl sites for hydroxylation is 1. The summed E-state index contributed by atoms with van der Waals surface area (Å²) in [5.41, 5.74) is 11.5. The summed E-state index contributed by atoms with van der Waals surface area (Å²) in [6, 6.07) is 21.5. The van der Waals surface area contributed by atoms with Gasteiger partial charge in [-0.2, -0.15) is 5.10 Å². The number of hydrogen-bond donors (Lipinski definition) is 1. The van der Waals surface area contributed by atoms with Crippen molar-refractivity contribution in [2.24, 2.45) is 11.1 Å². The standard InChI is InChI=1S/C29H32N4O/c1-21-19-26(28(30)34)31-33(21)25-12-10-22(11-13-25)20-29(27-9-6-18-32(27)2)16-14-24(15-17-29)23-7-4-3-5-8-23/h3-5,7-8,10-16,19,27H,6,9,17-18,20H2,1-2H3,(H2,30,34)/t27?,29-/m0/s1. The van der Waals surface area contributed by atoms with Gasteiger partial charge in [0.25, 0.3) is 5.91 Å². The number of nitrogens with zero attached hydrogens (tertiary/aromatic N) is 3. The molecule has 5 rings (SSSR count). The lowest BCUT2D eigenvalue weighted by Crippen LogP contribution is -2.43. The molecular formula is C29H32N4O. The molecule has 1 aliphatic carbocycles. The van der Waals surface area contributed by atoms with Crippen LogP contribution in [-0.4, -0.2) is 40.2 Å². The van der Waals surface area contributed by atoms with E-state index >= 15 is 0 Å². The first-order valence-corrected chi connectivity index (χ1v) is 12.1. The molecule has 1 amide bonds. The molecule has 2 heterocycles. The van der Waals surface area contributed by atoms with Crippen molar-refractivity contribution in [1.29, 1.82) is 0 Å². The van der Waals surface area contributed by atoms with Crippen molar-refractivity contribution in [1.82, 2.24) is 14.7 Å². The molecule has 2 aromatic carbocycles. The van der Waals surface area contributed by atoms with Crippen molar-refractivity contribution in [3.63, 3.8) is 0 Å². The number of hydrogen-bond acceptors (Lipinski definition) is 3. The molecule has 1 fully saturated rings. The Morgan fingerprint density at radius 2 is 1.91 bits per heavy atom.